The monoisotopic (exact) mass is 313 g/mol. The van der Waals surface area contributed by atoms with Gasteiger partial charge in [-0.3, -0.25) is 0 Å². The Morgan fingerprint density at radius 2 is 1.57 bits per heavy atom. The van der Waals surface area contributed by atoms with Crippen LogP contribution in [0.15, 0.2) is 45.6 Å². The summed E-state index contributed by atoms with van der Waals surface area (Å²) in [4.78, 5) is 16.6. The predicted molar refractivity (Wildman–Crippen MR) is 85.4 cm³/mol. The first kappa shape index (κ1) is 14.9. The Labute approximate surface area is 132 Å². The van der Waals surface area contributed by atoms with Gasteiger partial charge < -0.3 is 18.6 Å². The van der Waals surface area contributed by atoms with E-state index in [2.05, 4.69) is 4.98 Å². The molecule has 0 fully saturated rings. The van der Waals surface area contributed by atoms with E-state index in [4.69, 9.17) is 18.6 Å². The minimum Gasteiger partial charge on any atom is -0.497 e. The van der Waals surface area contributed by atoms with Crippen LogP contribution in [0.5, 0.6) is 17.2 Å². The molecule has 0 saturated carbocycles. The Bertz CT molecular complexity index is 899. The molecule has 3 aromatic rings. The maximum atomic E-state index is 12.2. The van der Waals surface area contributed by atoms with Crippen LogP contribution >= 0.6 is 0 Å². The molecule has 2 aromatic carbocycles. The lowest BCUT2D eigenvalue weighted by molar-refractivity contribution is 0.355. The molecule has 0 unspecified atom stereocenters. The second kappa shape index (κ2) is 6.00. The van der Waals surface area contributed by atoms with Crippen molar-refractivity contribution in [3.63, 3.8) is 0 Å². The zero-order valence-electron chi connectivity index (χ0n) is 13.0. The second-order valence-corrected chi connectivity index (χ2v) is 4.76. The fraction of sp³-hybridized carbons (Fsp3) is 0.176. The minimum atomic E-state index is -0.484. The van der Waals surface area contributed by atoms with Crippen molar-refractivity contribution >= 4 is 10.9 Å². The van der Waals surface area contributed by atoms with Crippen LogP contribution in [0, 0.1) is 0 Å². The van der Waals surface area contributed by atoms with Gasteiger partial charge >= 0.3 is 5.63 Å². The van der Waals surface area contributed by atoms with Crippen LogP contribution in [0.1, 0.15) is 0 Å². The first-order chi connectivity index (χ1) is 11.2. The first-order valence-electron chi connectivity index (χ1n) is 6.87. The number of hydrogen-bond acceptors (Lipinski definition) is 6. The standard InChI is InChI=1S/C17H15NO5/c1-20-11-6-4-10(5-7-11)16-18-13-9-15(22-3)14(21-2)8-12(13)17(19)23-16/h4-9H,1-3H3. The van der Waals surface area contributed by atoms with E-state index in [1.54, 1.807) is 43.5 Å². The zero-order valence-corrected chi connectivity index (χ0v) is 13.0. The van der Waals surface area contributed by atoms with Gasteiger partial charge in [-0.2, -0.15) is 0 Å². The van der Waals surface area contributed by atoms with Crippen LogP contribution in [0.2, 0.25) is 0 Å². The van der Waals surface area contributed by atoms with Gasteiger partial charge in [-0.05, 0) is 24.3 Å². The topological polar surface area (TPSA) is 70.8 Å². The molecule has 6 heteroatoms. The van der Waals surface area contributed by atoms with Gasteiger partial charge in [0.1, 0.15) is 5.75 Å². The first-order valence-corrected chi connectivity index (χ1v) is 6.87. The highest BCUT2D eigenvalue weighted by Gasteiger charge is 2.13. The summed E-state index contributed by atoms with van der Waals surface area (Å²) in [5, 5.41) is 0.333. The Hall–Kier alpha value is -3.02. The maximum Gasteiger partial charge on any atom is 0.347 e. The Balaban J connectivity index is 2.18. The lowest BCUT2D eigenvalue weighted by Crippen LogP contribution is -2.04. The van der Waals surface area contributed by atoms with Crippen LogP contribution in [0.4, 0.5) is 0 Å². The van der Waals surface area contributed by atoms with Crippen molar-refractivity contribution in [3.8, 4) is 28.7 Å². The fourth-order valence-corrected chi connectivity index (χ4v) is 2.26. The molecule has 0 radical (unpaired) electrons. The Kier molecular flexibility index (Phi) is 3.89. The third kappa shape index (κ3) is 2.70. The summed E-state index contributed by atoms with van der Waals surface area (Å²) in [6, 6.07) is 10.3. The average Bonchev–Trinajstić information content (AvgIpc) is 2.60. The highest BCUT2D eigenvalue weighted by Crippen LogP contribution is 2.31. The van der Waals surface area contributed by atoms with Gasteiger partial charge in [-0.15, -0.1) is 0 Å². The molecule has 0 spiro atoms. The highest BCUT2D eigenvalue weighted by molar-refractivity contribution is 5.82. The van der Waals surface area contributed by atoms with Crippen molar-refractivity contribution in [2.75, 3.05) is 21.3 Å². The van der Waals surface area contributed by atoms with Gasteiger partial charge in [0.25, 0.3) is 0 Å². The molecule has 1 aromatic heterocycles. The van der Waals surface area contributed by atoms with E-state index < -0.39 is 5.63 Å². The third-order valence-corrected chi connectivity index (χ3v) is 3.47. The smallest absolute Gasteiger partial charge is 0.347 e. The van der Waals surface area contributed by atoms with E-state index in [0.29, 0.717) is 33.7 Å². The van der Waals surface area contributed by atoms with Crippen molar-refractivity contribution in [1.82, 2.24) is 4.98 Å². The fourth-order valence-electron chi connectivity index (χ4n) is 2.26. The molecule has 3 rings (SSSR count). The number of rotatable bonds is 4. The molecular weight excluding hydrogens is 298 g/mol. The molecule has 0 aliphatic carbocycles. The second-order valence-electron chi connectivity index (χ2n) is 4.76. The van der Waals surface area contributed by atoms with Gasteiger partial charge in [0.2, 0.25) is 5.89 Å². The van der Waals surface area contributed by atoms with Gasteiger partial charge in [-0.1, -0.05) is 0 Å². The summed E-state index contributed by atoms with van der Waals surface area (Å²) < 4.78 is 20.9. The molecule has 23 heavy (non-hydrogen) atoms. The van der Waals surface area contributed by atoms with Crippen molar-refractivity contribution in [2.24, 2.45) is 0 Å². The SMILES string of the molecule is COc1ccc(-c2nc3cc(OC)c(OC)cc3c(=O)o2)cc1. The zero-order chi connectivity index (χ0) is 16.4. The van der Waals surface area contributed by atoms with Crippen LogP contribution in [0.3, 0.4) is 0 Å². The molecule has 0 saturated heterocycles. The van der Waals surface area contributed by atoms with Gasteiger partial charge in [0.15, 0.2) is 11.5 Å². The highest BCUT2D eigenvalue weighted by atomic mass is 16.5. The quantitative estimate of drug-likeness (QED) is 0.737. The van der Waals surface area contributed by atoms with Crippen LogP contribution in [0.25, 0.3) is 22.4 Å². The van der Waals surface area contributed by atoms with Crippen LogP contribution in [-0.2, 0) is 0 Å². The van der Waals surface area contributed by atoms with Crippen LogP contribution < -0.4 is 19.8 Å². The third-order valence-electron chi connectivity index (χ3n) is 3.47. The van der Waals surface area contributed by atoms with E-state index in [-0.39, 0.29) is 5.89 Å². The number of hydrogen-bond donors (Lipinski definition) is 0. The number of ether oxygens (including phenoxy) is 3. The lowest BCUT2D eigenvalue weighted by atomic mass is 10.2. The number of nitrogens with zero attached hydrogens (tertiary/aromatic N) is 1. The van der Waals surface area contributed by atoms with Crippen molar-refractivity contribution < 1.29 is 18.6 Å². The average molecular weight is 313 g/mol. The molecule has 0 bridgehead atoms. The number of methoxy groups -OCH3 is 3. The molecule has 0 aliphatic heterocycles. The number of fused-ring (bicyclic) bond motifs is 1. The predicted octanol–water partition coefficient (Wildman–Crippen LogP) is 2.88. The van der Waals surface area contributed by atoms with Crippen LogP contribution in [-0.4, -0.2) is 26.3 Å². The van der Waals surface area contributed by atoms with Gasteiger partial charge in [0.05, 0.1) is 32.2 Å². The van der Waals surface area contributed by atoms with E-state index in [1.165, 1.54) is 14.2 Å². The largest absolute Gasteiger partial charge is 0.497 e. The number of aromatic nitrogens is 1. The summed E-state index contributed by atoms with van der Waals surface area (Å²) in [5.41, 5.74) is 0.672. The molecule has 118 valence electrons. The van der Waals surface area contributed by atoms with E-state index in [9.17, 15) is 4.79 Å². The van der Waals surface area contributed by atoms with Crippen molar-refractivity contribution in [2.45, 2.75) is 0 Å². The van der Waals surface area contributed by atoms with Crippen molar-refractivity contribution in [3.05, 3.63) is 46.8 Å². The summed E-state index contributed by atoms with van der Waals surface area (Å²) in [6.45, 7) is 0. The minimum absolute atomic E-state index is 0.234. The Morgan fingerprint density at radius 3 is 2.17 bits per heavy atom. The molecular formula is C17H15NO5. The molecule has 0 aliphatic rings. The maximum absolute atomic E-state index is 12.2. The van der Waals surface area contributed by atoms with E-state index >= 15 is 0 Å². The normalized spacial score (nSPS) is 10.6. The lowest BCUT2D eigenvalue weighted by Gasteiger charge is -2.09. The molecule has 0 N–H and O–H groups in total. The van der Waals surface area contributed by atoms with Gasteiger partial charge in [-0.25, -0.2) is 9.78 Å². The summed E-state index contributed by atoms with van der Waals surface area (Å²) >= 11 is 0. The molecule has 1 heterocycles. The van der Waals surface area contributed by atoms with E-state index in [0.717, 1.165) is 0 Å². The Morgan fingerprint density at radius 1 is 0.913 bits per heavy atom. The number of benzene rings is 2. The van der Waals surface area contributed by atoms with E-state index in [1.807, 2.05) is 0 Å². The molecule has 6 nitrogen and oxygen atoms in total. The summed E-state index contributed by atoms with van der Waals surface area (Å²) in [6.07, 6.45) is 0. The summed E-state index contributed by atoms with van der Waals surface area (Å²) in [5.74, 6) is 1.89. The van der Waals surface area contributed by atoms with Gasteiger partial charge in [0, 0.05) is 17.7 Å². The summed E-state index contributed by atoms with van der Waals surface area (Å²) in [7, 11) is 4.62. The van der Waals surface area contributed by atoms with Crippen molar-refractivity contribution in [1.29, 1.82) is 0 Å². The molecule has 0 amide bonds. The molecule has 0 atom stereocenters.